The summed E-state index contributed by atoms with van der Waals surface area (Å²) in [6.07, 6.45) is -1.33. The van der Waals surface area contributed by atoms with Gasteiger partial charge in [0, 0.05) is 6.54 Å². The molecule has 4 nitrogen and oxygen atoms in total. The Morgan fingerprint density at radius 3 is 2.84 bits per heavy atom. The van der Waals surface area contributed by atoms with Crippen LogP contribution in [-0.4, -0.2) is 41.0 Å². The van der Waals surface area contributed by atoms with E-state index in [0.29, 0.717) is 6.54 Å². The fourth-order valence-corrected chi connectivity index (χ4v) is 2.10. The van der Waals surface area contributed by atoms with Crippen molar-refractivity contribution in [1.82, 2.24) is 4.90 Å². The Balaban J connectivity index is 1.87. The summed E-state index contributed by atoms with van der Waals surface area (Å²) in [4.78, 5) is 13.1. The Hall–Kier alpha value is -1.62. The zero-order valence-electron chi connectivity index (χ0n) is 10.9. The number of aliphatic hydroxyl groups excluding tert-OH is 1. The second-order valence-corrected chi connectivity index (χ2v) is 5.04. The number of amides is 1. The van der Waals surface area contributed by atoms with Gasteiger partial charge >= 0.3 is 6.09 Å². The summed E-state index contributed by atoms with van der Waals surface area (Å²) in [5.74, 6) is 0. The average Bonchev–Trinajstić information content (AvgIpc) is 2.40. The number of benzene rings is 1. The van der Waals surface area contributed by atoms with Crippen LogP contribution in [0.5, 0.6) is 0 Å². The van der Waals surface area contributed by atoms with Crippen LogP contribution in [0.4, 0.5) is 9.18 Å². The van der Waals surface area contributed by atoms with E-state index in [1.165, 1.54) is 11.8 Å². The number of piperidine rings is 1. The zero-order valence-corrected chi connectivity index (χ0v) is 10.9. The number of aliphatic hydroxyl groups is 1. The fraction of sp³-hybridized carbons (Fsp3) is 0.500. The minimum atomic E-state index is -1.77. The fourth-order valence-electron chi connectivity index (χ4n) is 2.10. The molecule has 0 aromatic heterocycles. The zero-order chi connectivity index (χ0) is 13.9. The first-order chi connectivity index (χ1) is 8.99. The lowest BCUT2D eigenvalue weighted by Crippen LogP contribution is -2.54. The van der Waals surface area contributed by atoms with E-state index in [4.69, 9.17) is 4.74 Å². The Morgan fingerprint density at radius 2 is 2.21 bits per heavy atom. The molecule has 104 valence electrons. The smallest absolute Gasteiger partial charge is 0.410 e. The van der Waals surface area contributed by atoms with Crippen molar-refractivity contribution in [2.24, 2.45) is 0 Å². The molecule has 19 heavy (non-hydrogen) atoms. The minimum absolute atomic E-state index is 0.137. The molecule has 0 unspecified atom stereocenters. The number of hydrogen-bond donors (Lipinski definition) is 1. The van der Waals surface area contributed by atoms with Gasteiger partial charge in [0.1, 0.15) is 6.61 Å². The number of rotatable bonds is 2. The Bertz CT molecular complexity index is 436. The number of alkyl halides is 1. The normalized spacial score (nSPS) is 27.1. The summed E-state index contributed by atoms with van der Waals surface area (Å²) >= 11 is 0. The van der Waals surface area contributed by atoms with Gasteiger partial charge in [-0.1, -0.05) is 30.3 Å². The quantitative estimate of drug-likeness (QED) is 0.893. The molecular formula is C14H18FNO3. The summed E-state index contributed by atoms with van der Waals surface area (Å²) in [5.41, 5.74) is -0.889. The maximum absolute atomic E-state index is 13.9. The molecule has 5 heteroatoms. The first-order valence-corrected chi connectivity index (χ1v) is 6.31. The predicted octanol–water partition coefficient (Wildman–Crippen LogP) is 2.12. The van der Waals surface area contributed by atoms with Crippen LogP contribution in [0.2, 0.25) is 0 Å². The number of nitrogens with zero attached hydrogens (tertiary/aromatic N) is 1. The van der Waals surface area contributed by atoms with E-state index in [-0.39, 0.29) is 19.6 Å². The maximum atomic E-state index is 13.9. The molecule has 1 N–H and O–H groups in total. The molecular weight excluding hydrogens is 249 g/mol. The van der Waals surface area contributed by atoms with Crippen LogP contribution in [0.1, 0.15) is 18.9 Å². The van der Waals surface area contributed by atoms with Crippen LogP contribution in [0.15, 0.2) is 30.3 Å². The van der Waals surface area contributed by atoms with Gasteiger partial charge in [0.25, 0.3) is 0 Å². The molecule has 1 aromatic rings. The van der Waals surface area contributed by atoms with Crippen molar-refractivity contribution in [1.29, 1.82) is 0 Å². The summed E-state index contributed by atoms with van der Waals surface area (Å²) in [6, 6.07) is 9.31. The van der Waals surface area contributed by atoms with Crippen molar-refractivity contribution in [2.75, 3.05) is 13.1 Å². The highest BCUT2D eigenvalue weighted by Crippen LogP contribution is 2.25. The van der Waals surface area contributed by atoms with E-state index in [1.54, 1.807) is 0 Å². The van der Waals surface area contributed by atoms with E-state index in [2.05, 4.69) is 0 Å². The third-order valence-electron chi connectivity index (χ3n) is 3.33. The van der Waals surface area contributed by atoms with Crippen molar-refractivity contribution in [3.8, 4) is 0 Å². The molecule has 1 aliphatic rings. The van der Waals surface area contributed by atoms with Crippen molar-refractivity contribution >= 4 is 6.09 Å². The number of halogens is 1. The first-order valence-electron chi connectivity index (χ1n) is 6.31. The predicted molar refractivity (Wildman–Crippen MR) is 68.3 cm³/mol. The third-order valence-corrected chi connectivity index (χ3v) is 3.33. The van der Waals surface area contributed by atoms with E-state index < -0.39 is 17.9 Å². The summed E-state index contributed by atoms with van der Waals surface area (Å²) in [7, 11) is 0. The lowest BCUT2D eigenvalue weighted by Gasteiger charge is -2.37. The first kappa shape index (κ1) is 13.8. The van der Waals surface area contributed by atoms with Crippen LogP contribution in [0.25, 0.3) is 0 Å². The molecule has 0 radical (unpaired) electrons. The van der Waals surface area contributed by atoms with Gasteiger partial charge in [-0.3, -0.25) is 0 Å². The van der Waals surface area contributed by atoms with Gasteiger partial charge in [0.15, 0.2) is 5.67 Å². The van der Waals surface area contributed by atoms with Gasteiger partial charge in [0.2, 0.25) is 0 Å². The molecule has 0 saturated carbocycles. The standard InChI is InChI=1S/C14H18FNO3/c1-14(15)10-16(8-7-12(14)17)13(18)19-9-11-5-3-2-4-6-11/h2-6,12,17H,7-10H2,1H3/t12-,14+/m1/s1. The number of hydrogen-bond acceptors (Lipinski definition) is 3. The highest BCUT2D eigenvalue weighted by molar-refractivity contribution is 5.68. The number of carbonyl (C=O) groups excluding carboxylic acids is 1. The summed E-state index contributed by atoms with van der Waals surface area (Å²) in [6.45, 7) is 1.64. The Labute approximate surface area is 111 Å². The van der Waals surface area contributed by atoms with Gasteiger partial charge in [0.05, 0.1) is 12.6 Å². The van der Waals surface area contributed by atoms with E-state index in [1.807, 2.05) is 30.3 Å². The molecule has 0 spiro atoms. The van der Waals surface area contributed by atoms with Crippen molar-refractivity contribution < 1.29 is 19.0 Å². The van der Waals surface area contributed by atoms with Crippen LogP contribution in [-0.2, 0) is 11.3 Å². The lowest BCUT2D eigenvalue weighted by atomic mass is 9.94. The Morgan fingerprint density at radius 1 is 1.53 bits per heavy atom. The molecule has 2 atom stereocenters. The van der Waals surface area contributed by atoms with E-state index in [0.717, 1.165) is 5.56 Å². The second kappa shape index (κ2) is 5.57. The molecule has 2 rings (SSSR count). The third kappa shape index (κ3) is 3.44. The van der Waals surface area contributed by atoms with Crippen LogP contribution >= 0.6 is 0 Å². The molecule has 0 aliphatic carbocycles. The van der Waals surface area contributed by atoms with Crippen LogP contribution < -0.4 is 0 Å². The van der Waals surface area contributed by atoms with Gasteiger partial charge in [-0.05, 0) is 18.9 Å². The molecule has 1 heterocycles. The van der Waals surface area contributed by atoms with Gasteiger partial charge in [-0.25, -0.2) is 9.18 Å². The topological polar surface area (TPSA) is 49.8 Å². The highest BCUT2D eigenvalue weighted by atomic mass is 19.1. The molecule has 0 bridgehead atoms. The Kier molecular flexibility index (Phi) is 4.04. The van der Waals surface area contributed by atoms with Gasteiger partial charge in [-0.2, -0.15) is 0 Å². The molecule has 1 amide bonds. The number of ether oxygens (including phenoxy) is 1. The van der Waals surface area contributed by atoms with Crippen molar-refractivity contribution in [3.63, 3.8) is 0 Å². The highest BCUT2D eigenvalue weighted by Gasteiger charge is 2.40. The van der Waals surface area contributed by atoms with E-state index in [9.17, 15) is 14.3 Å². The molecule has 1 fully saturated rings. The minimum Gasteiger partial charge on any atom is -0.445 e. The second-order valence-electron chi connectivity index (χ2n) is 5.04. The van der Waals surface area contributed by atoms with E-state index >= 15 is 0 Å². The molecule has 1 aromatic carbocycles. The van der Waals surface area contributed by atoms with Crippen LogP contribution in [0, 0.1) is 0 Å². The SMILES string of the molecule is C[C@]1(F)CN(C(=O)OCc2ccccc2)CC[C@H]1O. The maximum Gasteiger partial charge on any atom is 0.410 e. The van der Waals surface area contributed by atoms with Crippen LogP contribution in [0.3, 0.4) is 0 Å². The van der Waals surface area contributed by atoms with Crippen molar-refractivity contribution in [3.05, 3.63) is 35.9 Å². The number of likely N-dealkylation sites (tertiary alicyclic amines) is 1. The monoisotopic (exact) mass is 267 g/mol. The number of carbonyl (C=O) groups is 1. The summed E-state index contributed by atoms with van der Waals surface area (Å²) < 4.78 is 19.1. The largest absolute Gasteiger partial charge is 0.445 e. The van der Waals surface area contributed by atoms with Gasteiger partial charge in [-0.15, -0.1) is 0 Å². The van der Waals surface area contributed by atoms with Crippen molar-refractivity contribution in [2.45, 2.75) is 31.7 Å². The molecule has 1 aliphatic heterocycles. The molecule has 1 saturated heterocycles. The lowest BCUT2D eigenvalue weighted by molar-refractivity contribution is -0.0546. The van der Waals surface area contributed by atoms with Gasteiger partial charge < -0.3 is 14.7 Å². The summed E-state index contributed by atoms with van der Waals surface area (Å²) in [5, 5.41) is 9.49. The average molecular weight is 267 g/mol.